The molecule has 0 unspecified atom stereocenters. The van der Waals surface area contributed by atoms with E-state index in [-0.39, 0.29) is 23.2 Å². The number of methoxy groups -OCH3 is 2. The number of carbonyl (C=O) groups excluding carboxylic acids is 1. The maximum absolute atomic E-state index is 13.9. The Balaban J connectivity index is 2.01. The largest absolute Gasteiger partial charge is 0.493 e. The minimum atomic E-state index is -4.13. The topological polar surface area (TPSA) is 84.9 Å². The van der Waals surface area contributed by atoms with Gasteiger partial charge in [0.2, 0.25) is 5.91 Å². The van der Waals surface area contributed by atoms with E-state index in [1.807, 2.05) is 50.2 Å². The monoisotopic (exact) mass is 524 g/mol. The van der Waals surface area contributed by atoms with Crippen molar-refractivity contribution in [2.75, 3.05) is 25.1 Å². The summed E-state index contributed by atoms with van der Waals surface area (Å²) < 4.78 is 39.6. The van der Waals surface area contributed by atoms with Gasteiger partial charge in [-0.15, -0.1) is 0 Å². The van der Waals surface area contributed by atoms with E-state index < -0.39 is 15.9 Å². The van der Waals surface area contributed by atoms with Gasteiger partial charge in [0.15, 0.2) is 11.5 Å². The number of aryl methyl sites for hydroxylation is 2. The molecular weight excluding hydrogens is 488 g/mol. The zero-order valence-corrected chi connectivity index (χ0v) is 23.1. The van der Waals surface area contributed by atoms with Crippen LogP contribution in [-0.2, 0) is 14.8 Å². The van der Waals surface area contributed by atoms with E-state index in [4.69, 9.17) is 9.47 Å². The Labute approximate surface area is 220 Å². The first-order valence-corrected chi connectivity index (χ1v) is 13.7. The first kappa shape index (κ1) is 28.1. The molecule has 198 valence electrons. The van der Waals surface area contributed by atoms with Crippen molar-refractivity contribution in [1.82, 2.24) is 5.32 Å². The van der Waals surface area contributed by atoms with Crippen LogP contribution < -0.4 is 19.1 Å². The Kier molecular flexibility index (Phi) is 9.21. The highest BCUT2D eigenvalue weighted by Gasteiger charge is 2.29. The molecule has 1 amide bonds. The summed E-state index contributed by atoms with van der Waals surface area (Å²) >= 11 is 0. The number of sulfonamides is 1. The average molecular weight is 525 g/mol. The summed E-state index contributed by atoms with van der Waals surface area (Å²) in [6.07, 6.45) is 0.724. The van der Waals surface area contributed by atoms with Crippen LogP contribution in [0.4, 0.5) is 5.69 Å². The number of hydrogen-bond donors (Lipinski definition) is 1. The molecule has 3 aromatic rings. The zero-order chi connectivity index (χ0) is 27.2. The van der Waals surface area contributed by atoms with Crippen molar-refractivity contribution >= 4 is 21.6 Å². The first-order chi connectivity index (χ1) is 17.5. The fourth-order valence-corrected chi connectivity index (χ4v) is 5.74. The van der Waals surface area contributed by atoms with E-state index >= 15 is 0 Å². The number of rotatable bonds is 11. The average Bonchev–Trinajstić information content (AvgIpc) is 2.86. The lowest BCUT2D eigenvalue weighted by atomic mass is 9.97. The summed E-state index contributed by atoms with van der Waals surface area (Å²) in [4.78, 5) is 13.4. The van der Waals surface area contributed by atoms with Crippen LogP contribution in [0.25, 0.3) is 0 Å². The van der Waals surface area contributed by atoms with E-state index in [9.17, 15) is 13.2 Å². The molecule has 0 aliphatic rings. The maximum atomic E-state index is 13.9. The predicted octanol–water partition coefficient (Wildman–Crippen LogP) is 5.42. The fourth-order valence-electron chi connectivity index (χ4n) is 4.32. The summed E-state index contributed by atoms with van der Waals surface area (Å²) in [6, 6.07) is 19.4. The summed E-state index contributed by atoms with van der Waals surface area (Å²) in [6.45, 7) is 7.59. The molecule has 0 heterocycles. The molecule has 0 aliphatic heterocycles. The quantitative estimate of drug-likeness (QED) is 0.362. The Hall–Kier alpha value is -3.52. The Morgan fingerprint density at radius 1 is 0.892 bits per heavy atom. The van der Waals surface area contributed by atoms with Crippen molar-refractivity contribution < 1.29 is 22.7 Å². The highest BCUT2D eigenvalue weighted by Crippen LogP contribution is 2.33. The van der Waals surface area contributed by atoms with Gasteiger partial charge in [-0.1, -0.05) is 50.2 Å². The molecule has 3 aromatic carbocycles. The maximum Gasteiger partial charge on any atom is 0.264 e. The number of nitrogens with zero attached hydrogens (tertiary/aromatic N) is 1. The number of ether oxygens (including phenoxy) is 2. The minimum Gasteiger partial charge on any atom is -0.493 e. The van der Waals surface area contributed by atoms with Crippen LogP contribution in [0, 0.1) is 19.8 Å². The smallest absolute Gasteiger partial charge is 0.264 e. The van der Waals surface area contributed by atoms with Gasteiger partial charge in [-0.05, 0) is 67.1 Å². The molecule has 0 spiro atoms. The van der Waals surface area contributed by atoms with Crippen molar-refractivity contribution in [1.29, 1.82) is 0 Å². The molecule has 0 aromatic heterocycles. The van der Waals surface area contributed by atoms with Gasteiger partial charge in [0.05, 0.1) is 30.8 Å². The molecule has 0 bridgehead atoms. The predicted molar refractivity (Wildman–Crippen MR) is 147 cm³/mol. The zero-order valence-electron chi connectivity index (χ0n) is 22.3. The lowest BCUT2D eigenvalue weighted by molar-refractivity contribution is -0.120. The highest BCUT2D eigenvalue weighted by molar-refractivity contribution is 7.92. The lowest BCUT2D eigenvalue weighted by Crippen LogP contribution is -2.42. The molecule has 0 radical (unpaired) electrons. The molecule has 0 fully saturated rings. The molecule has 1 atom stereocenters. The molecule has 1 N–H and O–H groups in total. The van der Waals surface area contributed by atoms with E-state index in [0.717, 1.165) is 27.4 Å². The minimum absolute atomic E-state index is 0.00102. The molecule has 8 heteroatoms. The van der Waals surface area contributed by atoms with Crippen LogP contribution in [0.2, 0.25) is 0 Å². The summed E-state index contributed by atoms with van der Waals surface area (Å²) in [5.41, 5.74) is 3.18. The van der Waals surface area contributed by atoms with E-state index in [2.05, 4.69) is 19.2 Å². The standard InChI is InChI=1S/C29H36N2O5S/c1-20(2)14-26(23-10-8-7-9-11-23)30-29(32)19-31(24-16-21(3)15-22(4)17-24)37(33,34)25-12-13-27(35-5)28(18-25)36-6/h7-13,15-18,20,26H,14,19H2,1-6H3,(H,30,32)/t26-/m1/s1. The summed E-state index contributed by atoms with van der Waals surface area (Å²) in [5.74, 6) is 0.639. The van der Waals surface area contributed by atoms with Gasteiger partial charge in [-0.25, -0.2) is 8.42 Å². The third-order valence-corrected chi connectivity index (χ3v) is 7.74. The van der Waals surface area contributed by atoms with Gasteiger partial charge in [0, 0.05) is 6.07 Å². The van der Waals surface area contributed by atoms with Gasteiger partial charge in [-0.2, -0.15) is 0 Å². The summed E-state index contributed by atoms with van der Waals surface area (Å²) in [5, 5.41) is 3.07. The van der Waals surface area contributed by atoms with Gasteiger partial charge < -0.3 is 14.8 Å². The normalized spacial score (nSPS) is 12.2. The van der Waals surface area contributed by atoms with Crippen molar-refractivity contribution in [2.45, 2.75) is 45.1 Å². The molecule has 0 saturated carbocycles. The van der Waals surface area contributed by atoms with E-state index in [1.165, 1.54) is 26.4 Å². The lowest BCUT2D eigenvalue weighted by Gasteiger charge is -2.27. The second kappa shape index (κ2) is 12.1. The Morgan fingerprint density at radius 2 is 1.51 bits per heavy atom. The van der Waals surface area contributed by atoms with Crippen LogP contribution in [0.5, 0.6) is 11.5 Å². The van der Waals surface area contributed by atoms with Crippen LogP contribution in [-0.4, -0.2) is 35.1 Å². The Morgan fingerprint density at radius 3 is 2.08 bits per heavy atom. The fraction of sp³-hybridized carbons (Fsp3) is 0.345. The summed E-state index contributed by atoms with van der Waals surface area (Å²) in [7, 11) is -1.20. The number of benzene rings is 3. The second-order valence-corrected chi connectivity index (χ2v) is 11.4. The molecule has 7 nitrogen and oxygen atoms in total. The van der Waals surface area contributed by atoms with Crippen LogP contribution in [0.3, 0.4) is 0 Å². The molecule has 0 saturated heterocycles. The van der Waals surface area contributed by atoms with Crippen molar-refractivity contribution in [3.63, 3.8) is 0 Å². The highest BCUT2D eigenvalue weighted by atomic mass is 32.2. The van der Waals surface area contributed by atoms with Gasteiger partial charge in [-0.3, -0.25) is 9.10 Å². The third-order valence-electron chi connectivity index (χ3n) is 5.97. The first-order valence-electron chi connectivity index (χ1n) is 12.2. The third kappa shape index (κ3) is 7.04. The van der Waals surface area contributed by atoms with Crippen LogP contribution >= 0.6 is 0 Å². The molecule has 0 aliphatic carbocycles. The number of carbonyl (C=O) groups is 1. The molecule has 3 rings (SSSR count). The van der Waals surface area contributed by atoms with Crippen LogP contribution in [0.1, 0.15) is 43.0 Å². The second-order valence-electron chi connectivity index (χ2n) is 9.53. The molecule has 37 heavy (non-hydrogen) atoms. The van der Waals surface area contributed by atoms with Gasteiger partial charge in [0.25, 0.3) is 10.0 Å². The van der Waals surface area contributed by atoms with Gasteiger partial charge >= 0.3 is 0 Å². The van der Waals surface area contributed by atoms with Gasteiger partial charge in [0.1, 0.15) is 6.54 Å². The van der Waals surface area contributed by atoms with Crippen molar-refractivity contribution in [3.05, 3.63) is 83.4 Å². The number of nitrogens with one attached hydrogen (secondary N) is 1. The van der Waals surface area contributed by atoms with Crippen molar-refractivity contribution in [2.24, 2.45) is 5.92 Å². The van der Waals surface area contributed by atoms with Crippen molar-refractivity contribution in [3.8, 4) is 11.5 Å². The molecular formula is C29H36N2O5S. The van der Waals surface area contributed by atoms with E-state index in [0.29, 0.717) is 17.4 Å². The number of hydrogen-bond acceptors (Lipinski definition) is 5. The number of anilines is 1. The van der Waals surface area contributed by atoms with Crippen LogP contribution in [0.15, 0.2) is 71.6 Å². The Bertz CT molecular complexity index is 1300. The number of amides is 1. The van der Waals surface area contributed by atoms with E-state index in [1.54, 1.807) is 18.2 Å². The SMILES string of the molecule is COc1ccc(S(=O)(=O)N(CC(=O)N[C@H](CC(C)C)c2ccccc2)c2cc(C)cc(C)c2)cc1OC.